The number of hydrogen-bond donors (Lipinski definition) is 2. The number of rotatable bonds is 10. The standard InChI is InChI=1S/C25H34N4O5S/c1-4-28(5-2)13-12-26-24(30)20-7-9-21(10-8-20)27-25(31)23-18-22(11-6-19(23)3)35(32,33)29-14-16-34-17-15-29/h6-11,18H,4-5,12-17H2,1-3H3,(H,26,30)(H,27,31). The molecule has 0 radical (unpaired) electrons. The fourth-order valence-corrected chi connectivity index (χ4v) is 5.25. The molecule has 3 rings (SSSR count). The van der Waals surface area contributed by atoms with Crippen LogP contribution >= 0.6 is 0 Å². The minimum atomic E-state index is -3.71. The minimum Gasteiger partial charge on any atom is -0.379 e. The van der Waals surface area contributed by atoms with Gasteiger partial charge in [-0.25, -0.2) is 8.42 Å². The molecule has 0 aromatic heterocycles. The van der Waals surface area contributed by atoms with Gasteiger partial charge >= 0.3 is 0 Å². The van der Waals surface area contributed by atoms with Crippen LogP contribution in [0.25, 0.3) is 0 Å². The number of ether oxygens (including phenoxy) is 1. The molecule has 0 saturated carbocycles. The number of sulfonamides is 1. The first-order valence-electron chi connectivity index (χ1n) is 11.9. The van der Waals surface area contributed by atoms with E-state index in [0.29, 0.717) is 36.6 Å². The summed E-state index contributed by atoms with van der Waals surface area (Å²) in [6.07, 6.45) is 0. The quantitative estimate of drug-likeness (QED) is 0.516. The lowest BCUT2D eigenvalue weighted by atomic mass is 10.1. The predicted octanol–water partition coefficient (Wildman–Crippen LogP) is 2.34. The molecule has 1 aliphatic heterocycles. The van der Waals surface area contributed by atoms with Crippen molar-refractivity contribution in [2.75, 3.05) is 57.8 Å². The van der Waals surface area contributed by atoms with Gasteiger partial charge in [-0.15, -0.1) is 0 Å². The van der Waals surface area contributed by atoms with Crippen molar-refractivity contribution >= 4 is 27.5 Å². The third kappa shape index (κ3) is 6.88. The van der Waals surface area contributed by atoms with E-state index in [4.69, 9.17) is 4.74 Å². The number of carbonyl (C=O) groups is 2. The van der Waals surface area contributed by atoms with Crippen LogP contribution in [0.5, 0.6) is 0 Å². The first-order chi connectivity index (χ1) is 16.8. The van der Waals surface area contributed by atoms with Gasteiger partial charge in [0.05, 0.1) is 18.1 Å². The molecule has 1 saturated heterocycles. The number of likely N-dealkylation sites (N-methyl/N-ethyl adjacent to an activating group) is 1. The number of amides is 2. The van der Waals surface area contributed by atoms with Gasteiger partial charge in [0.15, 0.2) is 0 Å². The van der Waals surface area contributed by atoms with Crippen LogP contribution in [-0.2, 0) is 14.8 Å². The molecule has 9 nitrogen and oxygen atoms in total. The number of hydrogen-bond acceptors (Lipinski definition) is 6. The molecule has 35 heavy (non-hydrogen) atoms. The highest BCUT2D eigenvalue weighted by Gasteiger charge is 2.27. The van der Waals surface area contributed by atoms with Crippen LogP contribution in [0.15, 0.2) is 47.4 Å². The number of nitrogens with zero attached hydrogens (tertiary/aromatic N) is 2. The van der Waals surface area contributed by atoms with Gasteiger partial charge in [0.1, 0.15) is 0 Å². The van der Waals surface area contributed by atoms with Crippen molar-refractivity contribution in [2.45, 2.75) is 25.7 Å². The molecular weight excluding hydrogens is 468 g/mol. The molecule has 2 aromatic carbocycles. The molecule has 0 spiro atoms. The van der Waals surface area contributed by atoms with Gasteiger partial charge < -0.3 is 20.3 Å². The van der Waals surface area contributed by atoms with Gasteiger partial charge in [-0.3, -0.25) is 9.59 Å². The summed E-state index contributed by atoms with van der Waals surface area (Å²) < 4.78 is 32.6. The smallest absolute Gasteiger partial charge is 0.255 e. The maximum Gasteiger partial charge on any atom is 0.255 e. The lowest BCUT2D eigenvalue weighted by Gasteiger charge is -2.26. The van der Waals surface area contributed by atoms with Crippen LogP contribution in [0.2, 0.25) is 0 Å². The molecule has 1 aliphatic rings. The Labute approximate surface area is 207 Å². The second-order valence-electron chi connectivity index (χ2n) is 8.31. The Bertz CT molecular complexity index is 1130. The van der Waals surface area contributed by atoms with E-state index in [0.717, 1.165) is 19.6 Å². The number of carbonyl (C=O) groups excluding carboxylic acids is 2. The molecule has 1 fully saturated rings. The Hall–Kier alpha value is -2.79. The van der Waals surface area contributed by atoms with Crippen LogP contribution < -0.4 is 10.6 Å². The zero-order valence-corrected chi connectivity index (χ0v) is 21.4. The van der Waals surface area contributed by atoms with Gasteiger partial charge in [0, 0.05) is 43.0 Å². The summed E-state index contributed by atoms with van der Waals surface area (Å²) in [5, 5.41) is 5.69. The predicted molar refractivity (Wildman–Crippen MR) is 135 cm³/mol. The van der Waals surface area contributed by atoms with Crippen molar-refractivity contribution in [1.29, 1.82) is 0 Å². The first-order valence-corrected chi connectivity index (χ1v) is 13.3. The maximum absolute atomic E-state index is 13.0. The van der Waals surface area contributed by atoms with Crippen molar-refractivity contribution in [3.63, 3.8) is 0 Å². The molecule has 2 aromatic rings. The highest BCUT2D eigenvalue weighted by atomic mass is 32.2. The molecular formula is C25H34N4O5S. The van der Waals surface area contributed by atoms with E-state index in [1.807, 2.05) is 0 Å². The van der Waals surface area contributed by atoms with Gasteiger partial charge in [-0.2, -0.15) is 4.31 Å². The highest BCUT2D eigenvalue weighted by Crippen LogP contribution is 2.22. The van der Waals surface area contributed by atoms with E-state index in [1.54, 1.807) is 37.3 Å². The second-order valence-corrected chi connectivity index (χ2v) is 10.2. The third-order valence-corrected chi connectivity index (χ3v) is 7.97. The van der Waals surface area contributed by atoms with Gasteiger partial charge in [-0.1, -0.05) is 19.9 Å². The SMILES string of the molecule is CCN(CC)CCNC(=O)c1ccc(NC(=O)c2cc(S(=O)(=O)N3CCOCC3)ccc2C)cc1. The summed E-state index contributed by atoms with van der Waals surface area (Å²) in [4.78, 5) is 27.6. The van der Waals surface area contributed by atoms with E-state index in [9.17, 15) is 18.0 Å². The third-order valence-electron chi connectivity index (χ3n) is 6.07. The molecule has 2 amide bonds. The van der Waals surface area contributed by atoms with Crippen molar-refractivity contribution in [3.05, 3.63) is 59.2 Å². The normalized spacial score (nSPS) is 14.6. The van der Waals surface area contributed by atoms with Crippen LogP contribution in [0.1, 0.15) is 40.1 Å². The lowest BCUT2D eigenvalue weighted by molar-refractivity contribution is 0.0730. The van der Waals surface area contributed by atoms with Crippen molar-refractivity contribution in [1.82, 2.24) is 14.5 Å². The first kappa shape index (κ1) is 26.8. The summed E-state index contributed by atoms with van der Waals surface area (Å²) in [5.41, 5.74) is 1.94. The number of benzene rings is 2. The zero-order chi connectivity index (χ0) is 25.4. The Morgan fingerprint density at radius 1 is 1.00 bits per heavy atom. The van der Waals surface area contributed by atoms with Crippen LogP contribution in [0.3, 0.4) is 0 Å². The van der Waals surface area contributed by atoms with E-state index in [1.165, 1.54) is 16.4 Å². The summed E-state index contributed by atoms with van der Waals surface area (Å²) in [7, 11) is -3.71. The fraction of sp³-hybridized carbons (Fsp3) is 0.440. The number of nitrogens with one attached hydrogen (secondary N) is 2. The second kappa shape index (κ2) is 12.3. The van der Waals surface area contributed by atoms with E-state index in [-0.39, 0.29) is 29.5 Å². The summed E-state index contributed by atoms with van der Waals surface area (Å²) in [6, 6.07) is 11.2. The average Bonchev–Trinajstić information content (AvgIpc) is 2.87. The lowest BCUT2D eigenvalue weighted by Crippen LogP contribution is -2.40. The van der Waals surface area contributed by atoms with Gasteiger partial charge in [0.2, 0.25) is 10.0 Å². The number of anilines is 1. The molecule has 0 unspecified atom stereocenters. The van der Waals surface area contributed by atoms with Crippen molar-refractivity contribution in [3.8, 4) is 0 Å². The van der Waals surface area contributed by atoms with Gasteiger partial charge in [-0.05, 0) is 62.0 Å². The molecule has 0 atom stereocenters. The Morgan fingerprint density at radius 3 is 2.29 bits per heavy atom. The molecule has 0 bridgehead atoms. The van der Waals surface area contributed by atoms with Crippen molar-refractivity contribution in [2.24, 2.45) is 0 Å². The largest absolute Gasteiger partial charge is 0.379 e. The molecule has 2 N–H and O–H groups in total. The van der Waals surface area contributed by atoms with Gasteiger partial charge in [0.25, 0.3) is 11.8 Å². The van der Waals surface area contributed by atoms with Crippen molar-refractivity contribution < 1.29 is 22.7 Å². The molecule has 190 valence electrons. The molecule has 10 heteroatoms. The topological polar surface area (TPSA) is 108 Å². The van der Waals surface area contributed by atoms with Crippen LogP contribution in [0.4, 0.5) is 5.69 Å². The fourth-order valence-electron chi connectivity index (χ4n) is 3.82. The average molecular weight is 503 g/mol. The van der Waals surface area contributed by atoms with Crippen LogP contribution in [0, 0.1) is 6.92 Å². The monoisotopic (exact) mass is 502 g/mol. The minimum absolute atomic E-state index is 0.0758. The number of aryl methyl sites for hydroxylation is 1. The molecule has 1 heterocycles. The van der Waals surface area contributed by atoms with E-state index in [2.05, 4.69) is 29.4 Å². The molecule has 0 aliphatic carbocycles. The van der Waals surface area contributed by atoms with E-state index >= 15 is 0 Å². The summed E-state index contributed by atoms with van der Waals surface area (Å²) >= 11 is 0. The summed E-state index contributed by atoms with van der Waals surface area (Å²) in [6.45, 7) is 10.4. The van der Waals surface area contributed by atoms with E-state index < -0.39 is 15.9 Å². The Morgan fingerprint density at radius 2 is 1.66 bits per heavy atom. The Balaban J connectivity index is 1.65. The summed E-state index contributed by atoms with van der Waals surface area (Å²) in [5.74, 6) is -0.593. The number of morpholine rings is 1. The Kier molecular flexibility index (Phi) is 9.39. The highest BCUT2D eigenvalue weighted by molar-refractivity contribution is 7.89. The maximum atomic E-state index is 13.0. The van der Waals surface area contributed by atoms with Crippen LogP contribution in [-0.4, -0.2) is 81.9 Å². The zero-order valence-electron chi connectivity index (χ0n) is 20.5.